The minimum absolute atomic E-state index is 0.0102. The van der Waals surface area contributed by atoms with Crippen molar-refractivity contribution in [1.82, 2.24) is 4.90 Å². The fourth-order valence-corrected chi connectivity index (χ4v) is 3.22. The van der Waals surface area contributed by atoms with E-state index in [1.807, 2.05) is 29.2 Å². The largest absolute Gasteiger partial charge is 0.365 e. The van der Waals surface area contributed by atoms with Crippen LogP contribution in [0, 0.1) is 13.8 Å². The second kappa shape index (κ2) is 7.60. The molecular weight excluding hydrogens is 310 g/mol. The van der Waals surface area contributed by atoms with E-state index in [1.54, 1.807) is 0 Å². The molecule has 25 heavy (non-hydrogen) atoms. The van der Waals surface area contributed by atoms with Gasteiger partial charge < -0.3 is 15.1 Å². The molecule has 1 N–H and O–H groups in total. The highest BCUT2D eigenvalue weighted by molar-refractivity contribution is 5.90. The molecule has 1 aliphatic rings. The molecule has 0 bridgehead atoms. The first kappa shape index (κ1) is 17.3. The van der Waals surface area contributed by atoms with Crippen molar-refractivity contribution < 1.29 is 4.79 Å². The molecule has 1 fully saturated rings. The number of anilines is 2. The van der Waals surface area contributed by atoms with Crippen LogP contribution >= 0.6 is 0 Å². The number of amides is 2. The molecule has 0 aromatic heterocycles. The highest BCUT2D eigenvalue weighted by Gasteiger charge is 2.34. The van der Waals surface area contributed by atoms with E-state index in [0.717, 1.165) is 31.7 Å². The first-order chi connectivity index (χ1) is 12.1. The summed E-state index contributed by atoms with van der Waals surface area (Å²) >= 11 is 0. The number of aryl methyl sites for hydroxylation is 2. The monoisotopic (exact) mass is 337 g/mol. The summed E-state index contributed by atoms with van der Waals surface area (Å²) < 4.78 is 0. The lowest BCUT2D eigenvalue weighted by Crippen LogP contribution is -2.62. The van der Waals surface area contributed by atoms with Crippen LogP contribution in [-0.2, 0) is 0 Å². The highest BCUT2D eigenvalue weighted by Crippen LogP contribution is 2.24. The number of rotatable bonds is 5. The zero-order valence-corrected chi connectivity index (χ0v) is 15.3. The van der Waals surface area contributed by atoms with Crippen molar-refractivity contribution in [3.05, 3.63) is 59.7 Å². The first-order valence-corrected chi connectivity index (χ1v) is 9.03. The molecule has 2 aromatic carbocycles. The minimum Gasteiger partial charge on any atom is -0.365 e. The number of likely N-dealkylation sites (tertiary alicyclic amines) is 1. The van der Waals surface area contributed by atoms with Crippen LogP contribution in [0.1, 0.15) is 24.5 Å². The van der Waals surface area contributed by atoms with Gasteiger partial charge >= 0.3 is 6.03 Å². The molecule has 0 unspecified atom stereocenters. The number of urea groups is 1. The molecule has 132 valence electrons. The van der Waals surface area contributed by atoms with E-state index < -0.39 is 0 Å². The van der Waals surface area contributed by atoms with E-state index in [1.165, 1.54) is 16.8 Å². The van der Waals surface area contributed by atoms with Crippen molar-refractivity contribution in [2.45, 2.75) is 33.2 Å². The topological polar surface area (TPSA) is 35.6 Å². The summed E-state index contributed by atoms with van der Waals surface area (Å²) in [6.07, 6.45) is 1.10. The van der Waals surface area contributed by atoms with Gasteiger partial charge in [-0.25, -0.2) is 4.79 Å². The van der Waals surface area contributed by atoms with Gasteiger partial charge in [-0.1, -0.05) is 31.2 Å². The number of carbonyl (C=O) groups is 1. The van der Waals surface area contributed by atoms with Gasteiger partial charge in [-0.05, 0) is 55.7 Å². The minimum atomic E-state index is -0.0102. The van der Waals surface area contributed by atoms with Gasteiger partial charge in [0.2, 0.25) is 0 Å². The van der Waals surface area contributed by atoms with E-state index in [2.05, 4.69) is 55.3 Å². The van der Waals surface area contributed by atoms with E-state index in [-0.39, 0.29) is 6.03 Å². The van der Waals surface area contributed by atoms with Crippen molar-refractivity contribution in [2.75, 3.05) is 29.9 Å². The Kier molecular flexibility index (Phi) is 5.27. The van der Waals surface area contributed by atoms with Crippen molar-refractivity contribution in [2.24, 2.45) is 0 Å². The predicted octanol–water partition coefficient (Wildman–Crippen LogP) is 4.44. The summed E-state index contributed by atoms with van der Waals surface area (Å²) in [4.78, 5) is 16.7. The van der Waals surface area contributed by atoms with Gasteiger partial charge in [-0.15, -0.1) is 0 Å². The molecule has 2 aromatic rings. The van der Waals surface area contributed by atoms with Crippen LogP contribution in [0.25, 0.3) is 0 Å². The molecule has 0 radical (unpaired) electrons. The number of hydrogen-bond donors (Lipinski definition) is 1. The molecule has 0 spiro atoms. The normalized spacial score (nSPS) is 14.1. The number of carbonyl (C=O) groups excluding carboxylic acids is 1. The first-order valence-electron chi connectivity index (χ1n) is 9.03. The van der Waals surface area contributed by atoms with E-state index in [4.69, 9.17) is 0 Å². The predicted molar refractivity (Wildman–Crippen MR) is 104 cm³/mol. The van der Waals surface area contributed by atoms with Crippen molar-refractivity contribution in [3.63, 3.8) is 0 Å². The maximum Gasteiger partial charge on any atom is 0.321 e. The Morgan fingerprint density at radius 2 is 1.84 bits per heavy atom. The summed E-state index contributed by atoms with van der Waals surface area (Å²) in [6, 6.07) is 16.9. The van der Waals surface area contributed by atoms with E-state index >= 15 is 0 Å². The maximum absolute atomic E-state index is 12.4. The molecule has 1 heterocycles. The summed E-state index contributed by atoms with van der Waals surface area (Å²) in [7, 11) is 0. The van der Waals surface area contributed by atoms with Gasteiger partial charge in [0, 0.05) is 31.0 Å². The van der Waals surface area contributed by atoms with Crippen LogP contribution in [0.15, 0.2) is 48.5 Å². The quantitative estimate of drug-likeness (QED) is 0.876. The molecule has 0 aliphatic carbocycles. The Morgan fingerprint density at radius 1 is 1.12 bits per heavy atom. The lowest BCUT2D eigenvalue weighted by Gasteiger charge is -2.46. The average Bonchev–Trinajstić information content (AvgIpc) is 2.57. The lowest BCUT2D eigenvalue weighted by molar-refractivity contribution is 0.161. The third-order valence-electron chi connectivity index (χ3n) is 4.90. The number of nitrogens with one attached hydrogen (secondary N) is 1. The Balaban J connectivity index is 1.58. The van der Waals surface area contributed by atoms with Gasteiger partial charge in [-0.3, -0.25) is 0 Å². The third-order valence-corrected chi connectivity index (χ3v) is 4.90. The van der Waals surface area contributed by atoms with E-state index in [9.17, 15) is 4.79 Å². The van der Waals surface area contributed by atoms with E-state index in [0.29, 0.717) is 6.04 Å². The highest BCUT2D eigenvalue weighted by atomic mass is 16.2. The van der Waals surface area contributed by atoms with Gasteiger partial charge in [0.1, 0.15) is 0 Å². The van der Waals surface area contributed by atoms with Crippen LogP contribution in [0.3, 0.4) is 0 Å². The fourth-order valence-electron chi connectivity index (χ4n) is 3.22. The maximum atomic E-state index is 12.4. The summed E-state index contributed by atoms with van der Waals surface area (Å²) in [5.41, 5.74) is 4.53. The molecule has 1 saturated heterocycles. The fraction of sp³-hybridized carbons (Fsp3) is 0.381. The summed E-state index contributed by atoms with van der Waals surface area (Å²) in [5.74, 6) is 0. The lowest BCUT2D eigenvalue weighted by atomic mass is 10.1. The number of nitrogens with zero attached hydrogens (tertiary/aromatic N) is 2. The molecule has 0 saturated carbocycles. The van der Waals surface area contributed by atoms with Gasteiger partial charge in [0.15, 0.2) is 0 Å². The Morgan fingerprint density at radius 3 is 2.48 bits per heavy atom. The zero-order chi connectivity index (χ0) is 17.8. The van der Waals surface area contributed by atoms with Crippen LogP contribution in [-0.4, -0.2) is 36.6 Å². The Hall–Kier alpha value is -2.49. The Labute approximate surface area is 150 Å². The number of hydrogen-bond acceptors (Lipinski definition) is 2. The van der Waals surface area contributed by atoms with Crippen LogP contribution in [0.5, 0.6) is 0 Å². The molecule has 2 amide bonds. The molecule has 1 aliphatic heterocycles. The second-order valence-electron chi connectivity index (χ2n) is 6.82. The molecule has 3 rings (SSSR count). The SMILES string of the molecule is CCCN(c1ccccc1)C1CN(C(=O)Nc2ccc(C)c(C)c2)C1. The van der Waals surface area contributed by atoms with Crippen molar-refractivity contribution in [1.29, 1.82) is 0 Å². The average molecular weight is 337 g/mol. The number of para-hydroxylation sites is 1. The molecular formula is C21H27N3O. The molecule has 4 nitrogen and oxygen atoms in total. The number of benzene rings is 2. The smallest absolute Gasteiger partial charge is 0.321 e. The van der Waals surface area contributed by atoms with Crippen molar-refractivity contribution in [3.8, 4) is 0 Å². The molecule has 4 heteroatoms. The second-order valence-corrected chi connectivity index (χ2v) is 6.82. The van der Waals surface area contributed by atoms with Crippen LogP contribution < -0.4 is 10.2 Å². The standard InChI is InChI=1S/C21H27N3O/c1-4-12-24(19-8-6-5-7-9-19)20-14-23(15-20)21(25)22-18-11-10-16(2)17(3)13-18/h5-11,13,20H,4,12,14-15H2,1-3H3,(H,22,25). The molecule has 0 atom stereocenters. The van der Waals surface area contributed by atoms with Gasteiger partial charge in [0.05, 0.1) is 6.04 Å². The summed E-state index contributed by atoms with van der Waals surface area (Å²) in [6.45, 7) is 8.89. The van der Waals surface area contributed by atoms with Gasteiger partial charge in [-0.2, -0.15) is 0 Å². The van der Waals surface area contributed by atoms with Crippen LogP contribution in [0.4, 0.5) is 16.2 Å². The summed E-state index contributed by atoms with van der Waals surface area (Å²) in [5, 5.41) is 3.01. The van der Waals surface area contributed by atoms with Crippen LogP contribution in [0.2, 0.25) is 0 Å². The zero-order valence-electron chi connectivity index (χ0n) is 15.3. The third kappa shape index (κ3) is 3.95. The van der Waals surface area contributed by atoms with Gasteiger partial charge in [0.25, 0.3) is 0 Å². The Bertz CT molecular complexity index is 723. The van der Waals surface area contributed by atoms with Crippen molar-refractivity contribution >= 4 is 17.4 Å².